The molecule has 3 N–H and O–H groups in total. The Bertz CT molecular complexity index is 714. The number of aryl methyl sites for hydroxylation is 1. The highest BCUT2D eigenvalue weighted by Gasteiger charge is 2.30. The highest BCUT2D eigenvalue weighted by molar-refractivity contribution is 8.00. The average molecular weight is 356 g/mol. The first-order valence-corrected chi connectivity index (χ1v) is 7.79. The number of hydrogen-bond donors (Lipinski definition) is 2. The summed E-state index contributed by atoms with van der Waals surface area (Å²) in [7, 11) is 0. The number of anilines is 2. The molecule has 0 fully saturated rings. The molecule has 5 nitrogen and oxygen atoms in total. The van der Waals surface area contributed by atoms with Crippen LogP contribution in [0, 0.1) is 6.92 Å². The Hall–Kier alpha value is -2.29. The van der Waals surface area contributed by atoms with Crippen LogP contribution in [0.25, 0.3) is 0 Å². The number of carbonyl (C=O) groups excluding carboxylic acids is 1. The van der Waals surface area contributed by atoms with Crippen molar-refractivity contribution in [2.24, 2.45) is 0 Å². The number of aromatic nitrogens is 2. The van der Waals surface area contributed by atoms with Crippen molar-refractivity contribution in [2.75, 3.05) is 11.1 Å². The Morgan fingerprint density at radius 2 is 1.88 bits per heavy atom. The summed E-state index contributed by atoms with van der Waals surface area (Å²) < 4.78 is 37.5. The summed E-state index contributed by atoms with van der Waals surface area (Å²) in [5.41, 5.74) is 5.82. The largest absolute Gasteiger partial charge is 0.416 e. The van der Waals surface area contributed by atoms with E-state index in [9.17, 15) is 18.0 Å². The van der Waals surface area contributed by atoms with Crippen molar-refractivity contribution in [3.63, 3.8) is 0 Å². The van der Waals surface area contributed by atoms with E-state index in [0.717, 1.165) is 23.9 Å². The van der Waals surface area contributed by atoms with Crippen molar-refractivity contribution >= 4 is 29.2 Å². The first kappa shape index (κ1) is 18.1. The second-order valence-electron chi connectivity index (χ2n) is 5.04. The standard InChI is InChI=1S/C15H15F3N4OS/c1-8-7-12(19)22-14(20-8)24-9(2)13(23)21-11-5-3-10(4-6-11)15(16,17)18/h3-7,9H,1-2H3,(H,21,23)(H2,19,20,22)/t9-/m1/s1. The number of nitrogens with zero attached hydrogens (tertiary/aromatic N) is 2. The molecular formula is C15H15F3N4OS. The van der Waals surface area contributed by atoms with Crippen LogP contribution in [0.1, 0.15) is 18.2 Å². The molecule has 1 atom stereocenters. The molecule has 128 valence electrons. The number of nitrogens with one attached hydrogen (secondary N) is 1. The molecule has 2 aromatic rings. The second-order valence-corrected chi connectivity index (χ2v) is 6.35. The summed E-state index contributed by atoms with van der Waals surface area (Å²) in [5, 5.41) is 2.37. The van der Waals surface area contributed by atoms with Gasteiger partial charge in [-0.2, -0.15) is 13.2 Å². The van der Waals surface area contributed by atoms with Gasteiger partial charge in [-0.05, 0) is 38.1 Å². The number of nitrogen functional groups attached to an aromatic ring is 1. The number of thioether (sulfide) groups is 1. The number of benzene rings is 1. The van der Waals surface area contributed by atoms with Crippen LogP contribution in [-0.2, 0) is 11.0 Å². The molecule has 1 aromatic heterocycles. The van der Waals surface area contributed by atoms with Crippen molar-refractivity contribution in [1.29, 1.82) is 0 Å². The van der Waals surface area contributed by atoms with E-state index in [1.807, 2.05) is 0 Å². The third kappa shape index (κ3) is 4.85. The lowest BCUT2D eigenvalue weighted by Gasteiger charge is -2.12. The summed E-state index contributed by atoms with van der Waals surface area (Å²) >= 11 is 1.11. The number of amides is 1. The van der Waals surface area contributed by atoms with Crippen molar-refractivity contribution in [2.45, 2.75) is 30.4 Å². The molecule has 0 aliphatic carbocycles. The topological polar surface area (TPSA) is 80.9 Å². The Morgan fingerprint density at radius 3 is 2.42 bits per heavy atom. The van der Waals surface area contributed by atoms with Gasteiger partial charge in [0.15, 0.2) is 5.16 Å². The van der Waals surface area contributed by atoms with E-state index in [-0.39, 0.29) is 11.6 Å². The number of nitrogens with two attached hydrogens (primary N) is 1. The van der Waals surface area contributed by atoms with E-state index in [1.165, 1.54) is 12.1 Å². The lowest BCUT2D eigenvalue weighted by atomic mass is 10.2. The van der Waals surface area contributed by atoms with Gasteiger partial charge in [-0.1, -0.05) is 11.8 Å². The highest BCUT2D eigenvalue weighted by atomic mass is 32.2. The van der Waals surface area contributed by atoms with Crippen LogP contribution in [0.2, 0.25) is 0 Å². The van der Waals surface area contributed by atoms with Gasteiger partial charge in [0.05, 0.1) is 10.8 Å². The molecule has 0 aliphatic rings. The zero-order chi connectivity index (χ0) is 17.9. The molecule has 9 heteroatoms. The Kier molecular flexibility index (Phi) is 5.33. The predicted octanol–water partition coefficient (Wildman–Crippen LogP) is 3.51. The predicted molar refractivity (Wildman–Crippen MR) is 86.6 cm³/mol. The molecule has 2 rings (SSSR count). The zero-order valence-electron chi connectivity index (χ0n) is 12.9. The van der Waals surface area contributed by atoms with Crippen molar-refractivity contribution in [1.82, 2.24) is 9.97 Å². The third-order valence-electron chi connectivity index (χ3n) is 2.98. The van der Waals surface area contributed by atoms with Crippen LogP contribution in [-0.4, -0.2) is 21.1 Å². The minimum atomic E-state index is -4.41. The fraction of sp³-hybridized carbons (Fsp3) is 0.267. The van der Waals surface area contributed by atoms with E-state index < -0.39 is 17.0 Å². The van der Waals surface area contributed by atoms with Gasteiger partial charge in [-0.25, -0.2) is 9.97 Å². The average Bonchev–Trinajstić information content (AvgIpc) is 2.45. The minimum Gasteiger partial charge on any atom is -0.384 e. The Morgan fingerprint density at radius 1 is 1.25 bits per heavy atom. The first-order valence-electron chi connectivity index (χ1n) is 6.91. The fourth-order valence-electron chi connectivity index (χ4n) is 1.82. The van der Waals surface area contributed by atoms with Crippen LogP contribution in [0.4, 0.5) is 24.7 Å². The van der Waals surface area contributed by atoms with E-state index >= 15 is 0 Å². The maximum Gasteiger partial charge on any atom is 0.416 e. The molecule has 0 spiro atoms. The highest BCUT2D eigenvalue weighted by Crippen LogP contribution is 2.30. The third-order valence-corrected chi connectivity index (χ3v) is 3.95. The molecule has 0 aliphatic heterocycles. The van der Waals surface area contributed by atoms with E-state index in [2.05, 4.69) is 15.3 Å². The number of rotatable bonds is 4. The van der Waals surface area contributed by atoms with Crippen molar-refractivity contribution < 1.29 is 18.0 Å². The van der Waals surface area contributed by atoms with Gasteiger partial charge in [-0.15, -0.1) is 0 Å². The molecule has 0 radical (unpaired) electrons. The zero-order valence-corrected chi connectivity index (χ0v) is 13.7. The van der Waals surface area contributed by atoms with Crippen molar-refractivity contribution in [3.8, 4) is 0 Å². The van der Waals surface area contributed by atoms with Crippen molar-refractivity contribution in [3.05, 3.63) is 41.6 Å². The van der Waals surface area contributed by atoms with Gasteiger partial charge < -0.3 is 11.1 Å². The van der Waals surface area contributed by atoms with Crippen LogP contribution in [0.5, 0.6) is 0 Å². The van der Waals surface area contributed by atoms with Gasteiger partial charge in [0, 0.05) is 17.4 Å². The first-order chi connectivity index (χ1) is 11.1. The van der Waals surface area contributed by atoms with E-state index in [1.54, 1.807) is 19.9 Å². The lowest BCUT2D eigenvalue weighted by molar-refractivity contribution is -0.137. The second kappa shape index (κ2) is 7.08. The summed E-state index contributed by atoms with van der Waals surface area (Å²) in [6, 6.07) is 5.85. The molecule has 0 unspecified atom stereocenters. The molecule has 24 heavy (non-hydrogen) atoms. The SMILES string of the molecule is Cc1cc(N)nc(S[C@H](C)C(=O)Nc2ccc(C(F)(F)F)cc2)n1. The maximum absolute atomic E-state index is 12.5. The molecular weight excluding hydrogens is 341 g/mol. The summed E-state index contributed by atoms with van der Waals surface area (Å²) in [4.78, 5) is 20.3. The number of halogens is 3. The molecule has 1 heterocycles. The summed E-state index contributed by atoms with van der Waals surface area (Å²) in [6.45, 7) is 3.40. The molecule has 0 saturated carbocycles. The Labute approximate surface area is 140 Å². The number of carbonyl (C=O) groups is 1. The molecule has 0 bridgehead atoms. The quantitative estimate of drug-likeness (QED) is 0.647. The number of alkyl halides is 3. The van der Waals surface area contributed by atoms with E-state index in [0.29, 0.717) is 16.7 Å². The summed E-state index contributed by atoms with van der Waals surface area (Å²) in [5.74, 6) is -0.0659. The van der Waals surface area contributed by atoms with Crippen LogP contribution < -0.4 is 11.1 Å². The molecule has 1 aromatic carbocycles. The minimum absolute atomic E-state index is 0.283. The summed E-state index contributed by atoms with van der Waals surface area (Å²) in [6.07, 6.45) is -4.41. The van der Waals surface area contributed by atoms with Crippen LogP contribution in [0.15, 0.2) is 35.5 Å². The molecule has 0 saturated heterocycles. The Balaban J connectivity index is 2.01. The number of hydrogen-bond acceptors (Lipinski definition) is 5. The maximum atomic E-state index is 12.5. The fourth-order valence-corrected chi connectivity index (χ4v) is 2.65. The van der Waals surface area contributed by atoms with Gasteiger partial charge in [-0.3, -0.25) is 4.79 Å². The lowest BCUT2D eigenvalue weighted by Crippen LogP contribution is -2.22. The molecule has 1 amide bonds. The van der Waals surface area contributed by atoms with Gasteiger partial charge in [0.25, 0.3) is 0 Å². The van der Waals surface area contributed by atoms with Gasteiger partial charge >= 0.3 is 6.18 Å². The van der Waals surface area contributed by atoms with Gasteiger partial charge in [0.1, 0.15) is 5.82 Å². The monoisotopic (exact) mass is 356 g/mol. The van der Waals surface area contributed by atoms with Crippen LogP contribution >= 0.6 is 11.8 Å². The normalized spacial score (nSPS) is 12.7. The smallest absolute Gasteiger partial charge is 0.384 e. The van der Waals surface area contributed by atoms with Crippen LogP contribution in [0.3, 0.4) is 0 Å². The van der Waals surface area contributed by atoms with E-state index in [4.69, 9.17) is 5.73 Å². The van der Waals surface area contributed by atoms with Gasteiger partial charge in [0.2, 0.25) is 5.91 Å².